The number of carbonyl (C=O) groups excluding carboxylic acids is 1. The number of carboxylic acid groups (broad SMARTS) is 1. The van der Waals surface area contributed by atoms with Crippen molar-refractivity contribution in [2.75, 3.05) is 18.0 Å². The van der Waals surface area contributed by atoms with Gasteiger partial charge in [0.2, 0.25) is 5.91 Å². The number of hydrogen-bond donors (Lipinski definition) is 1. The lowest BCUT2D eigenvalue weighted by molar-refractivity contribution is -0.122. The van der Waals surface area contributed by atoms with E-state index in [-0.39, 0.29) is 19.0 Å². The minimum Gasteiger partial charge on any atom is -0.465 e. The van der Waals surface area contributed by atoms with Crippen LogP contribution in [0.25, 0.3) is 11.0 Å². The number of unbranched alkanes of at least 4 members (excludes halogenated alkanes) is 1. The highest BCUT2D eigenvalue weighted by atomic mass is 35.5. The largest absolute Gasteiger partial charge is 0.465 e. The standard InChI is InChI=1S/C24H22ClN5O3/c25-16-7-8-20-18(13-16)27-21(29(20)11-4-3-10-26)14-30-19-6-2-1-5-17(19)24(22(30)31)9-12-28(15-24)23(32)33/h1-2,5-8,13H,3-4,9,11-12,14-15H2,(H,32,33). The first-order valence-electron chi connectivity index (χ1n) is 10.9. The number of nitriles is 1. The van der Waals surface area contributed by atoms with Gasteiger partial charge in [-0.05, 0) is 42.7 Å². The van der Waals surface area contributed by atoms with E-state index in [9.17, 15) is 14.7 Å². The maximum atomic E-state index is 13.8. The number of aromatic nitrogens is 2. The van der Waals surface area contributed by atoms with Crippen LogP contribution in [0.1, 0.15) is 30.7 Å². The number of imidazole rings is 1. The molecule has 1 saturated heterocycles. The number of carbonyl (C=O) groups is 2. The normalized spacial score (nSPS) is 19.5. The minimum absolute atomic E-state index is 0.0962. The summed E-state index contributed by atoms with van der Waals surface area (Å²) in [5, 5.41) is 19.0. The van der Waals surface area contributed by atoms with Crippen molar-refractivity contribution in [1.82, 2.24) is 14.5 Å². The second-order valence-corrected chi connectivity index (χ2v) is 8.96. The number of benzene rings is 2. The minimum atomic E-state index is -1.01. The SMILES string of the molecule is N#CCCCn1c(CN2C(=O)C3(CCN(C(=O)O)C3)c3ccccc32)nc2cc(Cl)ccc21. The Kier molecular flexibility index (Phi) is 5.22. The first kappa shape index (κ1) is 21.3. The van der Waals surface area contributed by atoms with Crippen LogP contribution in [0.3, 0.4) is 0 Å². The number of para-hydroxylation sites is 1. The molecule has 5 rings (SSSR count). The lowest BCUT2D eigenvalue weighted by Crippen LogP contribution is -2.43. The third-order valence-corrected chi connectivity index (χ3v) is 6.90. The third kappa shape index (κ3) is 3.40. The second kappa shape index (κ2) is 8.09. The highest BCUT2D eigenvalue weighted by Crippen LogP contribution is 2.47. The molecule has 2 aliphatic heterocycles. The Balaban J connectivity index is 1.55. The number of rotatable bonds is 5. The second-order valence-electron chi connectivity index (χ2n) is 8.52. The van der Waals surface area contributed by atoms with Gasteiger partial charge in [0, 0.05) is 36.8 Å². The molecule has 9 heteroatoms. The molecule has 0 bridgehead atoms. The lowest BCUT2D eigenvalue weighted by Gasteiger charge is -2.24. The highest BCUT2D eigenvalue weighted by Gasteiger charge is 2.55. The van der Waals surface area contributed by atoms with Gasteiger partial charge < -0.3 is 19.5 Å². The van der Waals surface area contributed by atoms with E-state index in [2.05, 4.69) is 6.07 Å². The van der Waals surface area contributed by atoms with Crippen LogP contribution in [0.2, 0.25) is 5.02 Å². The molecule has 2 amide bonds. The summed E-state index contributed by atoms with van der Waals surface area (Å²) in [6.07, 6.45) is 0.540. The van der Waals surface area contributed by atoms with Crippen LogP contribution in [0.5, 0.6) is 0 Å². The molecule has 0 aliphatic carbocycles. The van der Waals surface area contributed by atoms with Gasteiger partial charge in [-0.3, -0.25) is 4.79 Å². The van der Waals surface area contributed by atoms with Gasteiger partial charge in [-0.15, -0.1) is 0 Å². The van der Waals surface area contributed by atoms with Crippen molar-refractivity contribution in [3.8, 4) is 6.07 Å². The zero-order valence-corrected chi connectivity index (χ0v) is 18.6. The van der Waals surface area contributed by atoms with E-state index in [1.807, 2.05) is 34.9 Å². The molecular formula is C24H22ClN5O3. The van der Waals surface area contributed by atoms with E-state index >= 15 is 0 Å². The van der Waals surface area contributed by atoms with E-state index in [1.54, 1.807) is 17.0 Å². The molecule has 3 aromatic rings. The number of halogens is 1. The Labute approximate surface area is 195 Å². The molecule has 0 saturated carbocycles. The van der Waals surface area contributed by atoms with Crippen molar-refractivity contribution >= 4 is 40.3 Å². The van der Waals surface area contributed by atoms with Gasteiger partial charge >= 0.3 is 6.09 Å². The Bertz CT molecular complexity index is 1310. The molecule has 3 heterocycles. The van der Waals surface area contributed by atoms with Crippen LogP contribution in [-0.4, -0.2) is 44.6 Å². The van der Waals surface area contributed by atoms with Crippen LogP contribution < -0.4 is 4.90 Å². The number of hydrogen-bond acceptors (Lipinski definition) is 4. The van der Waals surface area contributed by atoms with Crippen molar-refractivity contribution in [3.05, 3.63) is 58.9 Å². The van der Waals surface area contributed by atoms with Crippen molar-refractivity contribution in [1.29, 1.82) is 5.26 Å². The summed E-state index contributed by atoms with van der Waals surface area (Å²) >= 11 is 6.18. The fraction of sp³-hybridized carbons (Fsp3) is 0.333. The molecule has 0 radical (unpaired) electrons. The average Bonchev–Trinajstić information content (AvgIpc) is 3.45. The van der Waals surface area contributed by atoms with Gasteiger partial charge in [0.15, 0.2) is 0 Å². The molecule has 1 fully saturated rings. The molecule has 1 atom stereocenters. The predicted molar refractivity (Wildman–Crippen MR) is 123 cm³/mol. The highest BCUT2D eigenvalue weighted by molar-refractivity contribution is 6.31. The van der Waals surface area contributed by atoms with Gasteiger partial charge in [-0.2, -0.15) is 5.26 Å². The Hall–Kier alpha value is -3.57. The zero-order chi connectivity index (χ0) is 23.2. The van der Waals surface area contributed by atoms with E-state index < -0.39 is 11.5 Å². The lowest BCUT2D eigenvalue weighted by atomic mass is 9.81. The van der Waals surface area contributed by atoms with Crippen molar-refractivity contribution in [3.63, 3.8) is 0 Å². The summed E-state index contributed by atoms with van der Waals surface area (Å²) in [5.41, 5.74) is 2.44. The van der Waals surface area contributed by atoms with E-state index in [1.165, 1.54) is 4.90 Å². The first-order chi connectivity index (χ1) is 15.9. The van der Waals surface area contributed by atoms with Crippen molar-refractivity contribution in [2.45, 2.75) is 37.8 Å². The molecule has 1 aromatic heterocycles. The average molecular weight is 464 g/mol. The first-order valence-corrected chi connectivity index (χ1v) is 11.2. The zero-order valence-electron chi connectivity index (χ0n) is 17.9. The summed E-state index contributed by atoms with van der Waals surface area (Å²) in [6.45, 7) is 1.34. The van der Waals surface area contributed by atoms with Gasteiger partial charge in [0.1, 0.15) is 5.82 Å². The van der Waals surface area contributed by atoms with E-state index in [0.717, 1.165) is 22.3 Å². The summed E-state index contributed by atoms with van der Waals surface area (Å²) < 4.78 is 2.04. The molecule has 8 nitrogen and oxygen atoms in total. The number of anilines is 1. The van der Waals surface area contributed by atoms with E-state index in [4.69, 9.17) is 21.8 Å². The number of amides is 2. The summed E-state index contributed by atoms with van der Waals surface area (Å²) in [4.78, 5) is 33.2. The maximum absolute atomic E-state index is 13.8. The van der Waals surface area contributed by atoms with Crippen molar-refractivity contribution in [2.24, 2.45) is 0 Å². The summed E-state index contributed by atoms with van der Waals surface area (Å²) in [5.74, 6) is 0.611. The molecule has 33 heavy (non-hydrogen) atoms. The predicted octanol–water partition coefficient (Wildman–Crippen LogP) is 4.16. The molecule has 1 spiro atoms. The van der Waals surface area contributed by atoms with Gasteiger partial charge in [0.25, 0.3) is 0 Å². The van der Waals surface area contributed by atoms with Crippen LogP contribution in [0, 0.1) is 11.3 Å². The molecule has 2 aromatic carbocycles. The fourth-order valence-electron chi connectivity index (χ4n) is 5.10. The van der Waals surface area contributed by atoms with E-state index in [0.29, 0.717) is 43.2 Å². The molecular weight excluding hydrogens is 442 g/mol. The van der Waals surface area contributed by atoms with Gasteiger partial charge in [0.05, 0.1) is 29.1 Å². The fourth-order valence-corrected chi connectivity index (χ4v) is 5.27. The number of likely N-dealkylation sites (tertiary alicyclic amines) is 1. The monoisotopic (exact) mass is 463 g/mol. The Morgan fingerprint density at radius 3 is 2.85 bits per heavy atom. The topological polar surface area (TPSA) is 102 Å². The number of nitrogens with zero attached hydrogens (tertiary/aromatic N) is 5. The van der Waals surface area contributed by atoms with Crippen molar-refractivity contribution < 1.29 is 14.7 Å². The quantitative estimate of drug-likeness (QED) is 0.572. The van der Waals surface area contributed by atoms with Crippen LogP contribution in [0.15, 0.2) is 42.5 Å². The molecule has 2 aliphatic rings. The maximum Gasteiger partial charge on any atom is 0.407 e. The smallest absolute Gasteiger partial charge is 0.407 e. The molecule has 168 valence electrons. The van der Waals surface area contributed by atoms with Gasteiger partial charge in [-0.25, -0.2) is 9.78 Å². The Morgan fingerprint density at radius 2 is 2.09 bits per heavy atom. The molecule has 1 N–H and O–H groups in total. The Morgan fingerprint density at radius 1 is 1.27 bits per heavy atom. The molecule has 1 unspecified atom stereocenters. The number of fused-ring (bicyclic) bond motifs is 3. The number of aryl methyl sites for hydroxylation is 1. The third-order valence-electron chi connectivity index (χ3n) is 6.66. The summed E-state index contributed by atoms with van der Waals surface area (Å²) in [6, 6.07) is 15.3. The van der Waals surface area contributed by atoms with Crippen LogP contribution in [-0.2, 0) is 23.3 Å². The van der Waals surface area contributed by atoms with Crippen LogP contribution in [0.4, 0.5) is 10.5 Å². The van der Waals surface area contributed by atoms with Crippen LogP contribution >= 0.6 is 11.6 Å². The summed E-state index contributed by atoms with van der Waals surface area (Å²) in [7, 11) is 0. The van der Waals surface area contributed by atoms with Gasteiger partial charge in [-0.1, -0.05) is 29.8 Å².